The Morgan fingerprint density at radius 1 is 1.35 bits per heavy atom. The minimum atomic E-state index is -0.432. The smallest absolute Gasteiger partial charge is 0.341 e. The number of carbonyl (C=O) groups is 2. The van der Waals surface area contributed by atoms with Gasteiger partial charge in [-0.05, 0) is 36.6 Å². The van der Waals surface area contributed by atoms with Crippen LogP contribution in [0.4, 0.5) is 5.00 Å². The normalized spacial score (nSPS) is 10.1. The van der Waals surface area contributed by atoms with Gasteiger partial charge in [0, 0.05) is 10.0 Å². The molecule has 0 aliphatic rings. The molecule has 0 bridgehead atoms. The summed E-state index contributed by atoms with van der Waals surface area (Å²) in [5.41, 5.74) is 0.891. The average molecular weight is 354 g/mol. The second-order valence-electron chi connectivity index (χ2n) is 3.85. The van der Waals surface area contributed by atoms with E-state index in [2.05, 4.69) is 21.2 Å². The SMILES string of the molecule is CCOC(=O)c1ccsc1NC(=O)c1cccc(Br)c1. The highest BCUT2D eigenvalue weighted by molar-refractivity contribution is 9.10. The highest BCUT2D eigenvalue weighted by Crippen LogP contribution is 2.25. The first-order valence-electron chi connectivity index (χ1n) is 5.93. The third-order valence-corrected chi connectivity index (χ3v) is 3.80. The van der Waals surface area contributed by atoms with Gasteiger partial charge in [0.2, 0.25) is 0 Å². The molecule has 2 aromatic rings. The van der Waals surface area contributed by atoms with Gasteiger partial charge in [-0.3, -0.25) is 4.79 Å². The summed E-state index contributed by atoms with van der Waals surface area (Å²) in [6, 6.07) is 8.68. The van der Waals surface area contributed by atoms with E-state index in [1.54, 1.807) is 36.6 Å². The van der Waals surface area contributed by atoms with Gasteiger partial charge in [0.15, 0.2) is 0 Å². The first-order chi connectivity index (χ1) is 9.61. The average Bonchev–Trinajstić information content (AvgIpc) is 2.87. The Labute approximate surface area is 128 Å². The lowest BCUT2D eigenvalue weighted by Crippen LogP contribution is -2.14. The first-order valence-corrected chi connectivity index (χ1v) is 7.60. The summed E-state index contributed by atoms with van der Waals surface area (Å²) in [5.74, 6) is -0.697. The van der Waals surface area contributed by atoms with E-state index in [9.17, 15) is 9.59 Å². The zero-order valence-corrected chi connectivity index (χ0v) is 13.1. The first kappa shape index (κ1) is 14.7. The van der Waals surface area contributed by atoms with Crippen LogP contribution in [0.3, 0.4) is 0 Å². The number of amides is 1. The molecule has 104 valence electrons. The zero-order chi connectivity index (χ0) is 14.5. The number of ether oxygens (including phenoxy) is 1. The Balaban J connectivity index is 2.16. The maximum atomic E-state index is 12.1. The molecule has 0 saturated carbocycles. The second-order valence-corrected chi connectivity index (χ2v) is 5.68. The van der Waals surface area contributed by atoms with Crippen molar-refractivity contribution in [3.8, 4) is 0 Å². The van der Waals surface area contributed by atoms with E-state index in [0.29, 0.717) is 22.7 Å². The third kappa shape index (κ3) is 3.46. The van der Waals surface area contributed by atoms with E-state index >= 15 is 0 Å². The molecule has 0 aliphatic carbocycles. The summed E-state index contributed by atoms with van der Waals surface area (Å²) in [7, 11) is 0. The Hall–Kier alpha value is -1.66. The number of halogens is 1. The van der Waals surface area contributed by atoms with Crippen molar-refractivity contribution in [3.63, 3.8) is 0 Å². The number of benzene rings is 1. The molecular formula is C14H12BrNO3S. The van der Waals surface area contributed by atoms with Crippen LogP contribution in [0.15, 0.2) is 40.2 Å². The standard InChI is InChI=1S/C14H12BrNO3S/c1-2-19-14(18)11-6-7-20-13(11)16-12(17)9-4-3-5-10(15)8-9/h3-8H,2H2,1H3,(H,16,17). The van der Waals surface area contributed by atoms with Crippen LogP contribution in [0.2, 0.25) is 0 Å². The van der Waals surface area contributed by atoms with E-state index in [1.807, 2.05) is 6.07 Å². The Morgan fingerprint density at radius 2 is 2.15 bits per heavy atom. The van der Waals surface area contributed by atoms with Crippen LogP contribution < -0.4 is 5.32 Å². The summed E-state index contributed by atoms with van der Waals surface area (Å²) in [6.45, 7) is 2.04. The minimum absolute atomic E-state index is 0.265. The molecule has 20 heavy (non-hydrogen) atoms. The van der Waals surface area contributed by atoms with Gasteiger partial charge < -0.3 is 10.1 Å². The quantitative estimate of drug-likeness (QED) is 0.847. The molecule has 0 fully saturated rings. The van der Waals surface area contributed by atoms with Crippen molar-refractivity contribution >= 4 is 44.1 Å². The Kier molecular flexibility index (Phi) is 4.92. The predicted octanol–water partition coefficient (Wildman–Crippen LogP) is 3.94. The monoisotopic (exact) mass is 353 g/mol. The fourth-order valence-corrected chi connectivity index (χ4v) is 2.75. The molecule has 1 heterocycles. The number of rotatable bonds is 4. The highest BCUT2D eigenvalue weighted by atomic mass is 79.9. The number of hydrogen-bond acceptors (Lipinski definition) is 4. The summed E-state index contributed by atoms with van der Waals surface area (Å²) in [4.78, 5) is 23.8. The molecule has 0 spiro atoms. The summed E-state index contributed by atoms with van der Waals surface area (Å²) in [5, 5.41) is 4.96. The van der Waals surface area contributed by atoms with E-state index in [0.717, 1.165) is 4.47 Å². The molecule has 0 radical (unpaired) electrons. The Bertz CT molecular complexity index is 639. The third-order valence-electron chi connectivity index (χ3n) is 2.47. The largest absolute Gasteiger partial charge is 0.462 e. The highest BCUT2D eigenvalue weighted by Gasteiger charge is 2.16. The number of nitrogens with one attached hydrogen (secondary N) is 1. The van der Waals surface area contributed by atoms with Gasteiger partial charge in [0.1, 0.15) is 5.00 Å². The maximum absolute atomic E-state index is 12.1. The van der Waals surface area contributed by atoms with Crippen molar-refractivity contribution in [2.45, 2.75) is 6.92 Å². The van der Waals surface area contributed by atoms with Gasteiger partial charge >= 0.3 is 5.97 Å². The molecule has 1 amide bonds. The van der Waals surface area contributed by atoms with Gasteiger partial charge in [0.25, 0.3) is 5.91 Å². The van der Waals surface area contributed by atoms with Gasteiger partial charge in [-0.2, -0.15) is 0 Å². The predicted molar refractivity (Wildman–Crippen MR) is 82.4 cm³/mol. The fourth-order valence-electron chi connectivity index (χ4n) is 1.58. The molecule has 0 aliphatic heterocycles. The molecule has 2 rings (SSSR count). The number of hydrogen-bond donors (Lipinski definition) is 1. The van der Waals surface area contributed by atoms with E-state index in [4.69, 9.17) is 4.74 Å². The molecule has 1 aromatic heterocycles. The number of carbonyl (C=O) groups excluding carboxylic acids is 2. The summed E-state index contributed by atoms with van der Waals surface area (Å²) in [6.07, 6.45) is 0. The molecule has 0 unspecified atom stereocenters. The summed E-state index contributed by atoms with van der Waals surface area (Å²) < 4.78 is 5.76. The van der Waals surface area contributed by atoms with Crippen LogP contribution in [0, 0.1) is 0 Å². The van der Waals surface area contributed by atoms with Crippen molar-refractivity contribution in [3.05, 3.63) is 51.3 Å². The molecular weight excluding hydrogens is 342 g/mol. The van der Waals surface area contributed by atoms with Crippen LogP contribution in [0.25, 0.3) is 0 Å². The van der Waals surface area contributed by atoms with Crippen LogP contribution in [0.5, 0.6) is 0 Å². The lowest BCUT2D eigenvalue weighted by molar-refractivity contribution is 0.0528. The van der Waals surface area contributed by atoms with Gasteiger partial charge in [0.05, 0.1) is 12.2 Å². The molecule has 6 heteroatoms. The lowest BCUT2D eigenvalue weighted by atomic mass is 10.2. The van der Waals surface area contributed by atoms with E-state index in [1.165, 1.54) is 11.3 Å². The van der Waals surface area contributed by atoms with Crippen molar-refractivity contribution in [1.29, 1.82) is 0 Å². The van der Waals surface area contributed by atoms with Crippen molar-refractivity contribution in [1.82, 2.24) is 0 Å². The van der Waals surface area contributed by atoms with Crippen LogP contribution >= 0.6 is 27.3 Å². The van der Waals surface area contributed by atoms with Crippen molar-refractivity contribution < 1.29 is 14.3 Å². The molecule has 1 N–H and O–H groups in total. The van der Waals surface area contributed by atoms with Gasteiger partial charge in [-0.25, -0.2) is 4.79 Å². The zero-order valence-electron chi connectivity index (χ0n) is 10.7. The molecule has 0 atom stereocenters. The van der Waals surface area contributed by atoms with Crippen LogP contribution in [-0.2, 0) is 4.74 Å². The molecule has 4 nitrogen and oxygen atoms in total. The van der Waals surface area contributed by atoms with Crippen LogP contribution in [-0.4, -0.2) is 18.5 Å². The number of esters is 1. The topological polar surface area (TPSA) is 55.4 Å². The maximum Gasteiger partial charge on any atom is 0.341 e. The number of thiophene rings is 1. The minimum Gasteiger partial charge on any atom is -0.462 e. The summed E-state index contributed by atoms with van der Waals surface area (Å²) >= 11 is 4.60. The van der Waals surface area contributed by atoms with Crippen molar-refractivity contribution in [2.24, 2.45) is 0 Å². The molecule has 1 aromatic carbocycles. The van der Waals surface area contributed by atoms with Crippen LogP contribution in [0.1, 0.15) is 27.6 Å². The second kappa shape index (κ2) is 6.67. The van der Waals surface area contributed by atoms with E-state index in [-0.39, 0.29) is 5.91 Å². The van der Waals surface area contributed by atoms with E-state index < -0.39 is 5.97 Å². The number of anilines is 1. The Morgan fingerprint density at radius 3 is 2.85 bits per heavy atom. The van der Waals surface area contributed by atoms with Gasteiger partial charge in [-0.1, -0.05) is 22.0 Å². The lowest BCUT2D eigenvalue weighted by Gasteiger charge is -2.06. The molecule has 0 saturated heterocycles. The fraction of sp³-hybridized carbons (Fsp3) is 0.143. The van der Waals surface area contributed by atoms with Gasteiger partial charge in [-0.15, -0.1) is 11.3 Å². The van der Waals surface area contributed by atoms with Crippen molar-refractivity contribution in [2.75, 3.05) is 11.9 Å².